The summed E-state index contributed by atoms with van der Waals surface area (Å²) in [6.07, 6.45) is 5.85. The van der Waals surface area contributed by atoms with Gasteiger partial charge in [0.1, 0.15) is 5.82 Å². The first-order valence-electron chi connectivity index (χ1n) is 6.31. The van der Waals surface area contributed by atoms with E-state index in [0.717, 1.165) is 22.9 Å². The molecule has 3 heteroatoms. The van der Waals surface area contributed by atoms with Gasteiger partial charge in [-0.2, -0.15) is 0 Å². The average Bonchev–Trinajstić information content (AvgIpc) is 2.33. The first-order valence-corrected chi connectivity index (χ1v) is 7.10. The van der Waals surface area contributed by atoms with Crippen molar-refractivity contribution in [2.45, 2.75) is 45.1 Å². The fourth-order valence-electron chi connectivity index (χ4n) is 2.01. The van der Waals surface area contributed by atoms with E-state index < -0.39 is 0 Å². The van der Waals surface area contributed by atoms with Gasteiger partial charge in [0.15, 0.2) is 0 Å². The molecule has 0 aliphatic carbocycles. The molecular weight excluding hydrogens is 281 g/mol. The van der Waals surface area contributed by atoms with Crippen molar-refractivity contribution >= 4 is 15.9 Å². The zero-order valence-electron chi connectivity index (χ0n) is 10.6. The molecule has 0 saturated carbocycles. The highest BCUT2D eigenvalue weighted by Crippen LogP contribution is 2.25. The highest BCUT2D eigenvalue weighted by molar-refractivity contribution is 9.10. The van der Waals surface area contributed by atoms with Gasteiger partial charge in [0.05, 0.1) is 0 Å². The lowest BCUT2D eigenvalue weighted by Gasteiger charge is -2.17. The summed E-state index contributed by atoms with van der Waals surface area (Å²) in [5.41, 5.74) is 0.762. The van der Waals surface area contributed by atoms with E-state index in [2.05, 4.69) is 28.2 Å². The Hall–Kier alpha value is -0.410. The minimum absolute atomic E-state index is 0.115. The number of hydrogen-bond acceptors (Lipinski definition) is 1. The van der Waals surface area contributed by atoms with Crippen LogP contribution < -0.4 is 5.32 Å². The average molecular weight is 302 g/mol. The van der Waals surface area contributed by atoms with Crippen molar-refractivity contribution in [3.63, 3.8) is 0 Å². The maximum absolute atomic E-state index is 13.7. The summed E-state index contributed by atoms with van der Waals surface area (Å²) < 4.78 is 14.7. The van der Waals surface area contributed by atoms with E-state index in [1.165, 1.54) is 25.3 Å². The van der Waals surface area contributed by atoms with E-state index in [9.17, 15) is 4.39 Å². The van der Waals surface area contributed by atoms with E-state index in [1.54, 1.807) is 6.07 Å². The zero-order chi connectivity index (χ0) is 12.7. The van der Waals surface area contributed by atoms with E-state index in [1.807, 2.05) is 13.1 Å². The summed E-state index contributed by atoms with van der Waals surface area (Å²) in [6, 6.07) is 5.25. The number of hydrogen-bond donors (Lipinski definition) is 1. The van der Waals surface area contributed by atoms with Gasteiger partial charge in [0.25, 0.3) is 0 Å². The highest BCUT2D eigenvalue weighted by atomic mass is 79.9. The van der Waals surface area contributed by atoms with E-state index in [-0.39, 0.29) is 11.9 Å². The summed E-state index contributed by atoms with van der Waals surface area (Å²) in [5.74, 6) is -0.122. The second-order valence-corrected chi connectivity index (χ2v) is 5.27. The lowest BCUT2D eigenvalue weighted by molar-refractivity contribution is 0.480. The number of benzene rings is 1. The van der Waals surface area contributed by atoms with Crippen LogP contribution in [-0.2, 0) is 0 Å². The molecule has 1 unspecified atom stereocenters. The maximum atomic E-state index is 13.7. The summed E-state index contributed by atoms with van der Waals surface area (Å²) in [4.78, 5) is 0. The lowest BCUT2D eigenvalue weighted by atomic mass is 10.00. The van der Waals surface area contributed by atoms with E-state index >= 15 is 0 Å². The topological polar surface area (TPSA) is 12.0 Å². The first kappa shape index (κ1) is 14.7. The van der Waals surface area contributed by atoms with Gasteiger partial charge in [-0.15, -0.1) is 0 Å². The minimum Gasteiger partial charge on any atom is -0.313 e. The van der Waals surface area contributed by atoms with Crippen molar-refractivity contribution in [2.24, 2.45) is 0 Å². The molecule has 17 heavy (non-hydrogen) atoms. The molecule has 0 aliphatic rings. The van der Waals surface area contributed by atoms with Gasteiger partial charge in [-0.25, -0.2) is 4.39 Å². The van der Waals surface area contributed by atoms with Crippen molar-refractivity contribution in [1.82, 2.24) is 5.32 Å². The summed E-state index contributed by atoms with van der Waals surface area (Å²) in [5, 5.41) is 3.20. The molecular formula is C14H21BrFN. The molecule has 0 bridgehead atoms. The van der Waals surface area contributed by atoms with Crippen LogP contribution in [0.1, 0.15) is 50.6 Å². The Balaban J connectivity index is 2.62. The van der Waals surface area contributed by atoms with Gasteiger partial charge in [-0.1, -0.05) is 48.5 Å². The molecule has 0 amide bonds. The van der Waals surface area contributed by atoms with Crippen LogP contribution in [0.4, 0.5) is 4.39 Å². The first-order chi connectivity index (χ1) is 8.19. The molecule has 1 rings (SSSR count). The second-order valence-electron chi connectivity index (χ2n) is 4.36. The monoisotopic (exact) mass is 301 g/mol. The van der Waals surface area contributed by atoms with Gasteiger partial charge in [-0.05, 0) is 31.7 Å². The quantitative estimate of drug-likeness (QED) is 0.712. The molecule has 0 aromatic heterocycles. The van der Waals surface area contributed by atoms with Crippen LogP contribution in [0.2, 0.25) is 0 Å². The molecule has 0 heterocycles. The van der Waals surface area contributed by atoms with Crippen LogP contribution in [0.15, 0.2) is 22.7 Å². The molecule has 1 atom stereocenters. The van der Waals surface area contributed by atoms with Crippen molar-refractivity contribution in [3.05, 3.63) is 34.1 Å². The third kappa shape index (κ3) is 4.76. The van der Waals surface area contributed by atoms with Gasteiger partial charge in [-0.3, -0.25) is 0 Å². The summed E-state index contributed by atoms with van der Waals surface area (Å²) >= 11 is 3.39. The van der Waals surface area contributed by atoms with Crippen LogP contribution in [-0.4, -0.2) is 7.05 Å². The molecule has 1 N–H and O–H groups in total. The third-order valence-electron chi connectivity index (χ3n) is 3.03. The van der Waals surface area contributed by atoms with Crippen molar-refractivity contribution in [3.8, 4) is 0 Å². The zero-order valence-corrected chi connectivity index (χ0v) is 12.2. The molecule has 0 spiro atoms. The number of nitrogens with one attached hydrogen (secondary N) is 1. The van der Waals surface area contributed by atoms with Gasteiger partial charge < -0.3 is 5.32 Å². The second kappa shape index (κ2) is 7.83. The summed E-state index contributed by atoms with van der Waals surface area (Å²) in [6.45, 7) is 2.20. The molecule has 0 saturated heterocycles. The Labute approximate surface area is 112 Å². The number of rotatable bonds is 7. The predicted octanol–water partition coefficient (Wildman–Crippen LogP) is 4.82. The Kier molecular flexibility index (Phi) is 6.75. The van der Waals surface area contributed by atoms with Gasteiger partial charge in [0, 0.05) is 16.1 Å². The van der Waals surface area contributed by atoms with Gasteiger partial charge >= 0.3 is 0 Å². The van der Waals surface area contributed by atoms with Gasteiger partial charge in [0.2, 0.25) is 0 Å². The minimum atomic E-state index is -0.122. The van der Waals surface area contributed by atoms with E-state index in [0.29, 0.717) is 0 Å². The Morgan fingerprint density at radius 3 is 2.71 bits per heavy atom. The lowest BCUT2D eigenvalue weighted by Crippen LogP contribution is -2.17. The SMILES string of the molecule is CCCCCCC(NC)c1cc(Br)ccc1F. The summed E-state index contributed by atoms with van der Waals surface area (Å²) in [7, 11) is 1.89. The predicted molar refractivity (Wildman–Crippen MR) is 74.7 cm³/mol. The van der Waals surface area contributed by atoms with Crippen molar-refractivity contribution in [2.75, 3.05) is 7.05 Å². The Bertz CT molecular complexity index is 341. The molecule has 0 radical (unpaired) electrons. The molecule has 1 aromatic rings. The molecule has 1 nitrogen and oxygen atoms in total. The third-order valence-corrected chi connectivity index (χ3v) is 3.52. The van der Waals surface area contributed by atoms with Crippen LogP contribution in [0.25, 0.3) is 0 Å². The maximum Gasteiger partial charge on any atom is 0.128 e. The van der Waals surface area contributed by atoms with Crippen LogP contribution in [0.3, 0.4) is 0 Å². The number of halogens is 2. The highest BCUT2D eigenvalue weighted by Gasteiger charge is 2.13. The standard InChI is InChI=1S/C14H21BrFN/c1-3-4-5-6-7-14(17-2)12-10-11(15)8-9-13(12)16/h8-10,14,17H,3-7H2,1-2H3. The molecule has 0 fully saturated rings. The van der Waals surface area contributed by atoms with Crippen LogP contribution in [0, 0.1) is 5.82 Å². The Morgan fingerprint density at radius 1 is 1.29 bits per heavy atom. The van der Waals surface area contributed by atoms with Crippen molar-refractivity contribution in [1.29, 1.82) is 0 Å². The molecule has 1 aromatic carbocycles. The number of unbranched alkanes of at least 4 members (excludes halogenated alkanes) is 3. The van der Waals surface area contributed by atoms with E-state index in [4.69, 9.17) is 0 Å². The fraction of sp³-hybridized carbons (Fsp3) is 0.571. The van der Waals surface area contributed by atoms with Crippen molar-refractivity contribution < 1.29 is 4.39 Å². The van der Waals surface area contributed by atoms with Crippen LogP contribution in [0.5, 0.6) is 0 Å². The smallest absolute Gasteiger partial charge is 0.128 e. The molecule has 96 valence electrons. The Morgan fingerprint density at radius 2 is 2.06 bits per heavy atom. The van der Waals surface area contributed by atoms with Crippen LogP contribution >= 0.6 is 15.9 Å². The largest absolute Gasteiger partial charge is 0.313 e. The normalized spacial score (nSPS) is 12.7. The molecule has 0 aliphatic heterocycles. The fourth-order valence-corrected chi connectivity index (χ4v) is 2.39.